The van der Waals surface area contributed by atoms with Crippen LogP contribution in [0.2, 0.25) is 0 Å². The summed E-state index contributed by atoms with van der Waals surface area (Å²) in [6.45, 7) is 6.21. The van der Waals surface area contributed by atoms with Gasteiger partial charge in [-0.25, -0.2) is 4.99 Å². The number of benzene rings is 3. The number of nitrogens with zero attached hydrogens (tertiary/aromatic N) is 1. The van der Waals surface area contributed by atoms with E-state index in [2.05, 4.69) is 58.6 Å². The van der Waals surface area contributed by atoms with E-state index >= 15 is 0 Å². The van der Waals surface area contributed by atoms with E-state index in [9.17, 15) is 13.2 Å². The van der Waals surface area contributed by atoms with Gasteiger partial charge in [0.05, 0.1) is 6.34 Å². The van der Waals surface area contributed by atoms with Crippen LogP contribution in [0.25, 0.3) is 0 Å². The van der Waals surface area contributed by atoms with E-state index in [1.165, 1.54) is 36.2 Å². The van der Waals surface area contributed by atoms with Gasteiger partial charge >= 0.3 is 6.36 Å². The van der Waals surface area contributed by atoms with Crippen molar-refractivity contribution < 1.29 is 17.9 Å². The Morgan fingerprint density at radius 2 is 1.66 bits per heavy atom. The lowest BCUT2D eigenvalue weighted by Crippen LogP contribution is -2.31. The summed E-state index contributed by atoms with van der Waals surface area (Å²) in [5.74, 6) is 0.0869. The van der Waals surface area contributed by atoms with Crippen LogP contribution in [-0.2, 0) is 0 Å². The SMILES string of the molecule is Cc1cc(C)c(NC(=S)NC2CC2c2ccc(C(=N)/N=C\Nc3ccc(OC(F)(F)F)cc3)cc2)c(C)c1. The number of ether oxygens (including phenoxy) is 1. The van der Waals surface area contributed by atoms with E-state index in [4.69, 9.17) is 17.6 Å². The third kappa shape index (κ3) is 7.32. The second kappa shape index (κ2) is 11.2. The van der Waals surface area contributed by atoms with Crippen LogP contribution in [0.15, 0.2) is 65.7 Å². The van der Waals surface area contributed by atoms with E-state index in [0.717, 1.165) is 28.8 Å². The molecular formula is C28H28F3N5OS. The van der Waals surface area contributed by atoms with Crippen molar-refractivity contribution in [2.24, 2.45) is 4.99 Å². The van der Waals surface area contributed by atoms with Crippen molar-refractivity contribution in [3.05, 3.63) is 88.5 Å². The average molecular weight is 540 g/mol. The minimum absolute atomic E-state index is 0.0563. The molecule has 1 fully saturated rings. The monoisotopic (exact) mass is 539 g/mol. The molecule has 0 saturated heterocycles. The van der Waals surface area contributed by atoms with Gasteiger partial charge in [-0.15, -0.1) is 13.2 Å². The molecule has 3 aromatic carbocycles. The lowest BCUT2D eigenvalue weighted by Gasteiger charge is -2.16. The number of hydrogen-bond acceptors (Lipinski definition) is 3. The molecule has 38 heavy (non-hydrogen) atoms. The Balaban J connectivity index is 1.25. The van der Waals surface area contributed by atoms with E-state index < -0.39 is 6.36 Å². The van der Waals surface area contributed by atoms with Crippen molar-refractivity contribution in [2.45, 2.75) is 45.5 Å². The summed E-state index contributed by atoms with van der Waals surface area (Å²) < 4.78 is 40.6. The first-order chi connectivity index (χ1) is 18.0. The fourth-order valence-corrected chi connectivity index (χ4v) is 4.56. The molecule has 1 aliphatic carbocycles. The van der Waals surface area contributed by atoms with Gasteiger partial charge in [0.15, 0.2) is 10.9 Å². The Kier molecular flexibility index (Phi) is 8.01. The number of aliphatic imine (C=N–C) groups is 1. The Bertz CT molecular complexity index is 1330. The molecule has 4 N–H and O–H groups in total. The van der Waals surface area contributed by atoms with Crippen LogP contribution in [0.4, 0.5) is 24.5 Å². The second-order valence-electron chi connectivity index (χ2n) is 9.27. The Hall–Kier alpha value is -3.92. The van der Waals surface area contributed by atoms with Gasteiger partial charge < -0.3 is 20.7 Å². The molecule has 3 aromatic rings. The van der Waals surface area contributed by atoms with E-state index in [-0.39, 0.29) is 17.6 Å². The molecule has 1 saturated carbocycles. The van der Waals surface area contributed by atoms with Gasteiger partial charge in [0.2, 0.25) is 0 Å². The molecule has 2 unspecified atom stereocenters. The zero-order chi connectivity index (χ0) is 27.4. The average Bonchev–Trinajstić information content (AvgIpc) is 3.60. The van der Waals surface area contributed by atoms with E-state index in [1.54, 1.807) is 0 Å². The number of anilines is 2. The summed E-state index contributed by atoms with van der Waals surface area (Å²) in [4.78, 5) is 4.07. The molecule has 0 spiro atoms. The Labute approximate surface area is 224 Å². The minimum atomic E-state index is -4.73. The van der Waals surface area contributed by atoms with Crippen molar-refractivity contribution in [3.63, 3.8) is 0 Å². The zero-order valence-corrected chi connectivity index (χ0v) is 21.9. The largest absolute Gasteiger partial charge is 0.573 e. The van der Waals surface area contributed by atoms with Crippen LogP contribution in [0, 0.1) is 26.2 Å². The third-order valence-corrected chi connectivity index (χ3v) is 6.37. The molecule has 0 aliphatic heterocycles. The molecule has 10 heteroatoms. The smallest absolute Gasteiger partial charge is 0.406 e. The maximum atomic E-state index is 12.3. The fraction of sp³-hybridized carbons (Fsp3) is 0.250. The van der Waals surface area contributed by atoms with Gasteiger partial charge in [-0.1, -0.05) is 42.0 Å². The molecule has 1 aliphatic rings. The minimum Gasteiger partial charge on any atom is -0.406 e. The van der Waals surface area contributed by atoms with Gasteiger partial charge in [0.25, 0.3) is 0 Å². The summed E-state index contributed by atoms with van der Waals surface area (Å²) in [6.07, 6.45) is -2.44. The number of aryl methyl sites for hydroxylation is 3. The zero-order valence-electron chi connectivity index (χ0n) is 21.1. The van der Waals surface area contributed by atoms with Crippen molar-refractivity contribution in [3.8, 4) is 5.75 Å². The summed E-state index contributed by atoms with van der Waals surface area (Å²) in [6, 6.07) is 17.4. The third-order valence-electron chi connectivity index (χ3n) is 6.15. The maximum absolute atomic E-state index is 12.3. The predicted octanol–water partition coefficient (Wildman–Crippen LogP) is 6.82. The van der Waals surface area contributed by atoms with Crippen molar-refractivity contribution in [1.29, 1.82) is 5.41 Å². The first kappa shape index (κ1) is 27.1. The molecule has 198 valence electrons. The number of rotatable bonds is 7. The van der Waals surface area contributed by atoms with Crippen molar-refractivity contribution in [2.75, 3.05) is 10.6 Å². The number of nitrogens with one attached hydrogen (secondary N) is 4. The van der Waals surface area contributed by atoms with Crippen LogP contribution >= 0.6 is 12.2 Å². The highest BCUT2D eigenvalue weighted by Gasteiger charge is 2.39. The van der Waals surface area contributed by atoms with Gasteiger partial charge in [0, 0.05) is 28.9 Å². The highest BCUT2D eigenvalue weighted by molar-refractivity contribution is 7.80. The lowest BCUT2D eigenvalue weighted by atomic mass is 10.1. The highest BCUT2D eigenvalue weighted by Crippen LogP contribution is 2.41. The molecule has 0 heterocycles. The van der Waals surface area contributed by atoms with Crippen LogP contribution in [-0.4, -0.2) is 29.7 Å². The van der Waals surface area contributed by atoms with Gasteiger partial charge in [-0.05, 0) is 80.4 Å². The lowest BCUT2D eigenvalue weighted by molar-refractivity contribution is -0.274. The molecular weight excluding hydrogens is 511 g/mol. The van der Waals surface area contributed by atoms with Gasteiger partial charge in [-0.2, -0.15) is 0 Å². The molecule has 4 rings (SSSR count). The van der Waals surface area contributed by atoms with Crippen LogP contribution in [0.1, 0.15) is 40.2 Å². The molecule has 0 radical (unpaired) electrons. The number of halogens is 3. The van der Waals surface area contributed by atoms with Crippen molar-refractivity contribution >= 4 is 40.9 Å². The Morgan fingerprint density at radius 1 is 1.03 bits per heavy atom. The van der Waals surface area contributed by atoms with E-state index in [0.29, 0.717) is 22.3 Å². The van der Waals surface area contributed by atoms with Crippen LogP contribution < -0.4 is 20.7 Å². The number of hydrogen-bond donors (Lipinski definition) is 4. The van der Waals surface area contributed by atoms with E-state index in [1.807, 2.05) is 24.3 Å². The quantitative estimate of drug-likeness (QED) is 0.151. The summed E-state index contributed by atoms with van der Waals surface area (Å²) >= 11 is 5.54. The first-order valence-corrected chi connectivity index (χ1v) is 12.4. The first-order valence-electron chi connectivity index (χ1n) is 12.0. The van der Waals surface area contributed by atoms with Crippen molar-refractivity contribution in [1.82, 2.24) is 5.32 Å². The number of alkyl halides is 3. The molecule has 0 bridgehead atoms. The number of thiocarbonyl (C=S) groups is 1. The van der Waals surface area contributed by atoms with Gasteiger partial charge in [-0.3, -0.25) is 5.41 Å². The summed E-state index contributed by atoms with van der Waals surface area (Å²) in [7, 11) is 0. The molecule has 6 nitrogen and oxygen atoms in total. The molecule has 0 aromatic heterocycles. The topological polar surface area (TPSA) is 81.5 Å². The normalized spacial score (nSPS) is 16.7. The highest BCUT2D eigenvalue weighted by atomic mass is 32.1. The second-order valence-corrected chi connectivity index (χ2v) is 9.67. The number of amidine groups is 1. The summed E-state index contributed by atoms with van der Waals surface area (Å²) in [5.41, 5.74) is 6.89. The maximum Gasteiger partial charge on any atom is 0.573 e. The van der Waals surface area contributed by atoms with Gasteiger partial charge in [0.1, 0.15) is 5.75 Å². The standard InChI is InChI=1S/C28H28F3N5OS/c1-16-12-17(2)25(18(3)13-16)36-27(38)35-24-14-23(24)19-4-6-20(7-5-19)26(32)34-15-33-21-8-10-22(11-9-21)37-28(29,30)31/h4-13,15,23-24H,14H2,1-3H3,(H2,32,33,34)(H2,35,36,38). The van der Waals surface area contributed by atoms with Crippen LogP contribution in [0.3, 0.4) is 0 Å². The molecule has 2 atom stereocenters. The fourth-order valence-electron chi connectivity index (χ4n) is 4.31. The predicted molar refractivity (Wildman–Crippen MR) is 150 cm³/mol. The summed E-state index contributed by atoms with van der Waals surface area (Å²) in [5, 5.41) is 18.4. The van der Waals surface area contributed by atoms with Crippen LogP contribution in [0.5, 0.6) is 5.75 Å². The Morgan fingerprint density at radius 3 is 2.26 bits per heavy atom. The molecule has 0 amide bonds.